The van der Waals surface area contributed by atoms with Crippen molar-refractivity contribution in [1.82, 2.24) is 20.5 Å². The maximum absolute atomic E-state index is 11.6. The first kappa shape index (κ1) is 14.0. The zero-order valence-corrected chi connectivity index (χ0v) is 11.1. The maximum Gasteiger partial charge on any atom is 0.323 e. The lowest BCUT2D eigenvalue weighted by Gasteiger charge is -2.14. The number of hydrogen-bond acceptors (Lipinski definition) is 6. The Morgan fingerprint density at radius 1 is 1.59 bits per heavy atom. The molecule has 0 aromatic carbocycles. The lowest BCUT2D eigenvalue weighted by atomic mass is 10.3. The van der Waals surface area contributed by atoms with Crippen molar-refractivity contribution in [3.8, 4) is 0 Å². The van der Waals surface area contributed by atoms with Gasteiger partial charge < -0.3 is 10.1 Å². The number of likely N-dealkylation sites (N-methyl/N-ethyl adjacent to an activating group) is 1. The van der Waals surface area contributed by atoms with Crippen LogP contribution in [0.2, 0.25) is 0 Å². The maximum atomic E-state index is 11.6. The summed E-state index contributed by atoms with van der Waals surface area (Å²) >= 11 is 1.43. The number of nitrogens with one attached hydrogen (secondary N) is 2. The van der Waals surface area contributed by atoms with E-state index in [4.69, 9.17) is 4.74 Å². The van der Waals surface area contributed by atoms with Crippen molar-refractivity contribution >= 4 is 17.7 Å². The number of aromatic nitrogens is 3. The van der Waals surface area contributed by atoms with E-state index in [0.717, 1.165) is 12.4 Å². The minimum atomic E-state index is -0.316. The summed E-state index contributed by atoms with van der Waals surface area (Å²) in [5.74, 6) is 1.10. The number of carbonyl (C=O) groups is 1. The third-order valence-corrected chi connectivity index (χ3v) is 2.92. The number of carbonyl (C=O) groups excluding carboxylic acids is 1. The van der Waals surface area contributed by atoms with Gasteiger partial charge in [0.2, 0.25) is 5.16 Å². The molecule has 0 saturated heterocycles. The molecule has 1 heterocycles. The SMILES string of the molecule is CCNC(CSc1n[nH]c(C)n1)C(=O)OCC. The summed E-state index contributed by atoms with van der Waals surface area (Å²) < 4.78 is 4.99. The van der Waals surface area contributed by atoms with Gasteiger partial charge in [0.1, 0.15) is 11.9 Å². The van der Waals surface area contributed by atoms with Crippen LogP contribution in [0.4, 0.5) is 0 Å². The number of thioether (sulfide) groups is 1. The molecule has 17 heavy (non-hydrogen) atoms. The second-order valence-electron chi connectivity index (χ2n) is 3.38. The summed E-state index contributed by atoms with van der Waals surface area (Å²) in [6.45, 7) is 6.70. The lowest BCUT2D eigenvalue weighted by Crippen LogP contribution is -2.40. The molecule has 1 aromatic heterocycles. The normalized spacial score (nSPS) is 12.4. The van der Waals surface area contributed by atoms with Crippen molar-refractivity contribution in [3.05, 3.63) is 5.82 Å². The molecule has 0 amide bonds. The first-order valence-electron chi connectivity index (χ1n) is 5.59. The number of aromatic amines is 1. The van der Waals surface area contributed by atoms with E-state index >= 15 is 0 Å². The molecule has 0 spiro atoms. The summed E-state index contributed by atoms with van der Waals surface area (Å²) in [5.41, 5.74) is 0. The van der Waals surface area contributed by atoms with Gasteiger partial charge in [-0.15, -0.1) is 5.10 Å². The van der Waals surface area contributed by atoms with Crippen molar-refractivity contribution in [1.29, 1.82) is 0 Å². The average Bonchev–Trinajstić information content (AvgIpc) is 2.70. The summed E-state index contributed by atoms with van der Waals surface area (Å²) in [4.78, 5) is 15.8. The zero-order chi connectivity index (χ0) is 12.7. The molecule has 0 aliphatic heterocycles. The first-order chi connectivity index (χ1) is 8.17. The van der Waals surface area contributed by atoms with Gasteiger partial charge in [0.15, 0.2) is 0 Å². The van der Waals surface area contributed by atoms with Crippen molar-refractivity contribution in [3.63, 3.8) is 0 Å². The van der Waals surface area contributed by atoms with Crippen LogP contribution in [0.25, 0.3) is 0 Å². The predicted octanol–water partition coefficient (Wildman–Crippen LogP) is 0.746. The third kappa shape index (κ3) is 4.74. The number of H-pyrrole nitrogens is 1. The van der Waals surface area contributed by atoms with Crippen molar-refractivity contribution in [2.45, 2.75) is 32.0 Å². The Labute approximate surface area is 105 Å². The molecule has 2 N–H and O–H groups in total. The smallest absolute Gasteiger partial charge is 0.323 e. The van der Waals surface area contributed by atoms with Gasteiger partial charge in [0.05, 0.1) is 6.61 Å². The molecule has 0 aliphatic carbocycles. The van der Waals surface area contributed by atoms with Gasteiger partial charge in [0.25, 0.3) is 0 Å². The highest BCUT2D eigenvalue weighted by Gasteiger charge is 2.19. The van der Waals surface area contributed by atoms with Crippen LogP contribution in [0.15, 0.2) is 5.16 Å². The van der Waals surface area contributed by atoms with Crippen molar-refractivity contribution < 1.29 is 9.53 Å². The Hall–Kier alpha value is -1.08. The van der Waals surface area contributed by atoms with Crippen LogP contribution in [-0.2, 0) is 9.53 Å². The van der Waals surface area contributed by atoms with Crippen LogP contribution in [0.1, 0.15) is 19.7 Å². The summed E-state index contributed by atoms with van der Waals surface area (Å²) in [7, 11) is 0. The van der Waals surface area contributed by atoms with Gasteiger partial charge >= 0.3 is 5.97 Å². The van der Waals surface area contributed by atoms with E-state index < -0.39 is 0 Å². The topological polar surface area (TPSA) is 79.9 Å². The van der Waals surface area contributed by atoms with E-state index in [1.165, 1.54) is 11.8 Å². The Balaban J connectivity index is 2.46. The molecule has 0 fully saturated rings. The van der Waals surface area contributed by atoms with E-state index in [-0.39, 0.29) is 12.0 Å². The van der Waals surface area contributed by atoms with E-state index in [1.807, 2.05) is 13.8 Å². The van der Waals surface area contributed by atoms with Crippen LogP contribution >= 0.6 is 11.8 Å². The molecule has 1 atom stereocenters. The second kappa shape index (κ2) is 7.29. The average molecular weight is 258 g/mol. The number of esters is 1. The molecular weight excluding hydrogens is 240 g/mol. The molecule has 0 radical (unpaired) electrons. The number of nitrogens with zero attached hydrogens (tertiary/aromatic N) is 2. The number of hydrogen-bond donors (Lipinski definition) is 2. The Morgan fingerprint density at radius 3 is 2.88 bits per heavy atom. The van der Waals surface area contributed by atoms with E-state index in [2.05, 4.69) is 20.5 Å². The minimum absolute atomic E-state index is 0.228. The Bertz CT molecular complexity index is 356. The molecule has 0 aliphatic rings. The van der Waals surface area contributed by atoms with Crippen molar-refractivity contribution in [2.75, 3.05) is 18.9 Å². The van der Waals surface area contributed by atoms with Crippen LogP contribution in [-0.4, -0.2) is 46.1 Å². The summed E-state index contributed by atoms with van der Waals surface area (Å²) in [6.07, 6.45) is 0. The summed E-state index contributed by atoms with van der Waals surface area (Å²) in [5, 5.41) is 10.5. The number of aryl methyl sites for hydroxylation is 1. The van der Waals surface area contributed by atoms with Gasteiger partial charge in [0, 0.05) is 5.75 Å². The highest BCUT2D eigenvalue weighted by atomic mass is 32.2. The van der Waals surface area contributed by atoms with Crippen LogP contribution in [0, 0.1) is 6.92 Å². The fourth-order valence-electron chi connectivity index (χ4n) is 1.24. The lowest BCUT2D eigenvalue weighted by molar-refractivity contribution is -0.144. The minimum Gasteiger partial charge on any atom is -0.465 e. The zero-order valence-electron chi connectivity index (χ0n) is 10.3. The predicted molar refractivity (Wildman–Crippen MR) is 65.9 cm³/mol. The van der Waals surface area contributed by atoms with Crippen molar-refractivity contribution in [2.24, 2.45) is 0 Å². The second-order valence-corrected chi connectivity index (χ2v) is 4.36. The highest BCUT2D eigenvalue weighted by Crippen LogP contribution is 2.13. The summed E-state index contributed by atoms with van der Waals surface area (Å²) in [6, 6.07) is -0.316. The molecule has 7 heteroatoms. The fourth-order valence-corrected chi connectivity index (χ4v) is 2.13. The quantitative estimate of drug-likeness (QED) is 0.555. The van der Waals surface area contributed by atoms with Gasteiger partial charge in [-0.05, 0) is 20.4 Å². The van der Waals surface area contributed by atoms with Crippen LogP contribution in [0.3, 0.4) is 0 Å². The number of ether oxygens (including phenoxy) is 1. The van der Waals surface area contributed by atoms with Crippen LogP contribution in [0.5, 0.6) is 0 Å². The van der Waals surface area contributed by atoms with E-state index in [9.17, 15) is 4.79 Å². The highest BCUT2D eigenvalue weighted by molar-refractivity contribution is 7.99. The molecule has 0 bridgehead atoms. The fraction of sp³-hybridized carbons (Fsp3) is 0.700. The van der Waals surface area contributed by atoms with E-state index in [0.29, 0.717) is 17.5 Å². The van der Waals surface area contributed by atoms with Gasteiger partial charge in [-0.25, -0.2) is 4.98 Å². The Morgan fingerprint density at radius 2 is 2.35 bits per heavy atom. The van der Waals surface area contributed by atoms with Gasteiger partial charge in [-0.1, -0.05) is 18.7 Å². The third-order valence-electron chi connectivity index (χ3n) is 1.98. The van der Waals surface area contributed by atoms with Gasteiger partial charge in [-0.2, -0.15) is 0 Å². The Kier molecular flexibility index (Phi) is 5.99. The first-order valence-corrected chi connectivity index (χ1v) is 6.57. The van der Waals surface area contributed by atoms with Crippen LogP contribution < -0.4 is 5.32 Å². The molecule has 96 valence electrons. The molecule has 1 rings (SSSR count). The standard InChI is InChI=1S/C10H18N4O2S/c1-4-11-8(9(15)16-5-2)6-17-10-12-7(3)13-14-10/h8,11H,4-6H2,1-3H3,(H,12,13,14). The molecular formula is C10H18N4O2S. The van der Waals surface area contributed by atoms with E-state index in [1.54, 1.807) is 6.92 Å². The monoisotopic (exact) mass is 258 g/mol. The molecule has 1 unspecified atom stereocenters. The largest absolute Gasteiger partial charge is 0.465 e. The number of rotatable bonds is 7. The molecule has 0 saturated carbocycles. The molecule has 6 nitrogen and oxygen atoms in total. The van der Waals surface area contributed by atoms with Gasteiger partial charge in [-0.3, -0.25) is 9.89 Å². The molecule has 1 aromatic rings.